The van der Waals surface area contributed by atoms with Gasteiger partial charge in [0.25, 0.3) is 5.91 Å². The molecule has 0 N–H and O–H groups in total. The van der Waals surface area contributed by atoms with E-state index in [1.54, 1.807) is 48.5 Å². The van der Waals surface area contributed by atoms with Crippen LogP contribution in [-0.4, -0.2) is 35.6 Å². The molecular weight excluding hydrogens is 586 g/mol. The summed E-state index contributed by atoms with van der Waals surface area (Å²) in [5.41, 5.74) is 2.36. The zero-order chi connectivity index (χ0) is 27.1. The first-order valence-corrected chi connectivity index (χ1v) is 14.2. The fourth-order valence-electron chi connectivity index (χ4n) is 4.52. The summed E-state index contributed by atoms with van der Waals surface area (Å²) in [5, 5.41) is 0. The Morgan fingerprint density at radius 3 is 2.38 bits per heavy atom. The minimum Gasteiger partial charge on any atom is -0.468 e. The number of carbonyl (C=O) groups is 2. The topological polar surface area (TPSA) is 114 Å². The minimum atomic E-state index is -4.16. The van der Waals surface area contributed by atoms with Crippen LogP contribution in [0.2, 0.25) is 0 Å². The van der Waals surface area contributed by atoms with E-state index in [0.717, 1.165) is 9.21 Å². The first kappa shape index (κ1) is 25.2. The summed E-state index contributed by atoms with van der Waals surface area (Å²) in [6, 6.07) is 22.1. The average Bonchev–Trinajstić information content (AvgIpc) is 3.67. The van der Waals surface area contributed by atoms with Crippen molar-refractivity contribution < 1.29 is 26.8 Å². The van der Waals surface area contributed by atoms with E-state index in [2.05, 4.69) is 20.9 Å². The highest BCUT2D eigenvalue weighted by Gasteiger charge is 2.47. The van der Waals surface area contributed by atoms with Gasteiger partial charge in [0, 0.05) is 10.0 Å². The van der Waals surface area contributed by atoms with Crippen LogP contribution in [0, 0.1) is 0 Å². The van der Waals surface area contributed by atoms with E-state index in [9.17, 15) is 18.0 Å². The number of amides is 2. The fraction of sp³-hybridized carbons (Fsp3) is 0.107. The summed E-state index contributed by atoms with van der Waals surface area (Å²) < 4.78 is 40.3. The predicted molar refractivity (Wildman–Crippen MR) is 146 cm³/mol. The summed E-state index contributed by atoms with van der Waals surface area (Å²) in [6.07, 6.45) is 1.12. The molecule has 1 aliphatic heterocycles. The molecular formula is C28H20BrN3O6S. The Labute approximate surface area is 231 Å². The van der Waals surface area contributed by atoms with Crippen molar-refractivity contribution in [2.45, 2.75) is 23.9 Å². The van der Waals surface area contributed by atoms with Crippen molar-refractivity contribution >= 4 is 54.6 Å². The Morgan fingerprint density at radius 1 is 0.949 bits per heavy atom. The van der Waals surface area contributed by atoms with Gasteiger partial charge in [-0.2, -0.15) is 4.31 Å². The van der Waals surface area contributed by atoms with Crippen LogP contribution in [0.15, 0.2) is 109 Å². The number of sulfonamides is 1. The van der Waals surface area contributed by atoms with Crippen LogP contribution in [0.25, 0.3) is 22.6 Å². The van der Waals surface area contributed by atoms with Crippen LogP contribution >= 0.6 is 15.9 Å². The van der Waals surface area contributed by atoms with Gasteiger partial charge in [-0.25, -0.2) is 18.3 Å². The van der Waals surface area contributed by atoms with E-state index in [0.29, 0.717) is 38.5 Å². The van der Waals surface area contributed by atoms with Crippen LogP contribution in [-0.2, 0) is 26.2 Å². The molecule has 0 spiro atoms. The normalized spacial score (nSPS) is 16.1. The van der Waals surface area contributed by atoms with Gasteiger partial charge in [0.1, 0.15) is 17.3 Å². The predicted octanol–water partition coefficient (Wildman–Crippen LogP) is 5.37. The van der Waals surface area contributed by atoms with Gasteiger partial charge in [-0.05, 0) is 72.8 Å². The minimum absolute atomic E-state index is 0.00126. The summed E-state index contributed by atoms with van der Waals surface area (Å²) in [7, 11) is -4.16. The van der Waals surface area contributed by atoms with Crippen LogP contribution in [0.5, 0.6) is 0 Å². The maximum absolute atomic E-state index is 13.7. The van der Waals surface area contributed by atoms with Gasteiger partial charge in [0.05, 0.1) is 29.8 Å². The molecule has 5 aromatic rings. The number of carbonyl (C=O) groups excluding carboxylic acids is 2. The third-order valence-electron chi connectivity index (χ3n) is 6.45. The molecule has 3 heterocycles. The second-order valence-corrected chi connectivity index (χ2v) is 11.7. The first-order chi connectivity index (χ1) is 18.8. The lowest BCUT2D eigenvalue weighted by Crippen LogP contribution is -2.45. The zero-order valence-electron chi connectivity index (χ0n) is 20.2. The Kier molecular flexibility index (Phi) is 6.42. The maximum atomic E-state index is 13.7. The van der Waals surface area contributed by atoms with Crippen LogP contribution < -0.4 is 4.90 Å². The molecule has 9 nitrogen and oxygen atoms in total. The Morgan fingerprint density at radius 2 is 1.69 bits per heavy atom. The van der Waals surface area contributed by atoms with Crippen molar-refractivity contribution in [2.24, 2.45) is 0 Å². The van der Waals surface area contributed by atoms with E-state index in [1.165, 1.54) is 18.4 Å². The molecule has 0 aliphatic carbocycles. The smallest absolute Gasteiger partial charge is 0.252 e. The van der Waals surface area contributed by atoms with Crippen molar-refractivity contribution in [3.8, 4) is 11.5 Å². The molecule has 0 radical (unpaired) electrons. The lowest BCUT2D eigenvalue weighted by molar-refractivity contribution is -0.122. The lowest BCUT2D eigenvalue weighted by Gasteiger charge is -2.26. The Hall–Kier alpha value is -4.06. The SMILES string of the molecule is O=C1CC(N(Cc2ccco2)S(=O)(=O)c2ccc(Br)cc2)C(=O)N1c1ccc(-c2nc3ccccc3o2)cc1. The van der Waals surface area contributed by atoms with Gasteiger partial charge in [-0.15, -0.1) is 0 Å². The number of nitrogens with zero attached hydrogens (tertiary/aromatic N) is 3. The third kappa shape index (κ3) is 4.69. The number of halogens is 1. The third-order valence-corrected chi connectivity index (χ3v) is 8.85. The molecule has 39 heavy (non-hydrogen) atoms. The number of benzene rings is 3. The van der Waals surface area contributed by atoms with Crippen LogP contribution in [0.4, 0.5) is 5.69 Å². The van der Waals surface area contributed by atoms with Crippen molar-refractivity contribution in [3.05, 3.63) is 101 Å². The van der Waals surface area contributed by atoms with Gasteiger partial charge < -0.3 is 8.83 Å². The van der Waals surface area contributed by atoms with E-state index >= 15 is 0 Å². The van der Waals surface area contributed by atoms with Gasteiger partial charge >= 0.3 is 0 Å². The molecule has 0 saturated carbocycles. The number of hydrogen-bond donors (Lipinski definition) is 0. The van der Waals surface area contributed by atoms with Crippen LogP contribution in [0.1, 0.15) is 12.2 Å². The number of para-hydroxylation sites is 2. The maximum Gasteiger partial charge on any atom is 0.252 e. The number of anilines is 1. The summed E-state index contributed by atoms with van der Waals surface area (Å²) in [4.78, 5) is 32.2. The number of hydrogen-bond acceptors (Lipinski definition) is 7. The molecule has 1 aliphatic rings. The van der Waals surface area contributed by atoms with Crippen molar-refractivity contribution in [3.63, 3.8) is 0 Å². The summed E-state index contributed by atoms with van der Waals surface area (Å²) >= 11 is 3.31. The van der Waals surface area contributed by atoms with Crippen molar-refractivity contribution in [1.82, 2.24) is 9.29 Å². The number of aromatic nitrogens is 1. The highest BCUT2D eigenvalue weighted by Crippen LogP contribution is 2.32. The van der Waals surface area contributed by atoms with Gasteiger partial charge in [-0.1, -0.05) is 28.1 Å². The second kappa shape index (κ2) is 9.92. The number of rotatable bonds is 7. The van der Waals surface area contributed by atoms with E-state index in [1.807, 2.05) is 24.3 Å². The number of furan rings is 1. The highest BCUT2D eigenvalue weighted by atomic mass is 79.9. The molecule has 1 saturated heterocycles. The van der Waals surface area contributed by atoms with Crippen molar-refractivity contribution in [2.75, 3.05) is 4.90 Å². The zero-order valence-corrected chi connectivity index (χ0v) is 22.6. The molecule has 1 fully saturated rings. The van der Waals surface area contributed by atoms with Gasteiger partial charge in [0.2, 0.25) is 21.8 Å². The number of imide groups is 1. The fourth-order valence-corrected chi connectivity index (χ4v) is 6.33. The Bertz CT molecular complexity index is 1750. The number of oxazole rings is 1. The second-order valence-electron chi connectivity index (χ2n) is 8.90. The quantitative estimate of drug-likeness (QED) is 0.229. The molecule has 3 aromatic carbocycles. The molecule has 0 bridgehead atoms. The largest absolute Gasteiger partial charge is 0.468 e. The molecule has 6 rings (SSSR count). The molecule has 2 aromatic heterocycles. The van der Waals surface area contributed by atoms with Crippen molar-refractivity contribution in [1.29, 1.82) is 0 Å². The van der Waals surface area contributed by atoms with E-state index in [-0.39, 0.29) is 17.9 Å². The summed E-state index contributed by atoms with van der Waals surface area (Å²) in [6.45, 7) is -0.209. The molecule has 11 heteroatoms. The lowest BCUT2D eigenvalue weighted by atomic mass is 10.2. The molecule has 1 atom stereocenters. The molecule has 1 unspecified atom stereocenters. The van der Waals surface area contributed by atoms with E-state index < -0.39 is 27.9 Å². The highest BCUT2D eigenvalue weighted by molar-refractivity contribution is 9.10. The van der Waals surface area contributed by atoms with E-state index in [4.69, 9.17) is 8.83 Å². The van der Waals surface area contributed by atoms with Crippen LogP contribution in [0.3, 0.4) is 0 Å². The Balaban J connectivity index is 1.31. The number of fused-ring (bicyclic) bond motifs is 1. The average molecular weight is 606 g/mol. The van der Waals surface area contributed by atoms with Gasteiger partial charge in [-0.3, -0.25) is 9.59 Å². The first-order valence-electron chi connectivity index (χ1n) is 11.9. The standard InChI is InChI=1S/C28H20BrN3O6S/c29-19-9-13-22(14-10-19)39(35,36)31(17-21-4-3-15-37-21)24-16-26(33)32(28(24)34)20-11-7-18(8-12-20)27-30-23-5-1-2-6-25(23)38-27/h1-15,24H,16-17H2. The summed E-state index contributed by atoms with van der Waals surface area (Å²) in [5.74, 6) is -0.390. The molecule has 2 amide bonds. The monoisotopic (exact) mass is 605 g/mol. The molecule has 196 valence electrons. The van der Waals surface area contributed by atoms with Gasteiger partial charge in [0.15, 0.2) is 5.58 Å².